The molecule has 2 N–H and O–H groups in total. The zero-order valence-electron chi connectivity index (χ0n) is 15.3. The first-order chi connectivity index (χ1) is 11.7. The minimum absolute atomic E-state index is 0.110. The molecule has 25 heavy (non-hydrogen) atoms. The molecule has 1 aliphatic rings. The number of carbonyl (C=O) groups excluding carboxylic acids is 3. The third kappa shape index (κ3) is 5.29. The van der Waals surface area contributed by atoms with Crippen LogP contribution in [0.15, 0.2) is 17.5 Å². The molecule has 0 radical (unpaired) electrons. The molecule has 2 atom stereocenters. The van der Waals surface area contributed by atoms with Gasteiger partial charge in [0, 0.05) is 12.1 Å². The topological polar surface area (TPSA) is 78.5 Å². The molecule has 0 aliphatic carbocycles. The standard InChI is InChI=1S/C18H27N3O3S/c1-12(15(22)20-18(2,3)4)19-16(23)13-8-5-6-10-21(13)17(24)14-9-7-11-25-14/h7,9,11-13H,5-6,8,10H2,1-4H3,(H,19,23)(H,20,22). The summed E-state index contributed by atoms with van der Waals surface area (Å²) in [5.74, 6) is -0.601. The maximum Gasteiger partial charge on any atom is 0.264 e. The van der Waals surface area contributed by atoms with Crippen LogP contribution in [0.1, 0.15) is 56.6 Å². The summed E-state index contributed by atoms with van der Waals surface area (Å²) in [4.78, 5) is 39.8. The lowest BCUT2D eigenvalue weighted by atomic mass is 10.0. The van der Waals surface area contributed by atoms with Crippen molar-refractivity contribution >= 4 is 29.1 Å². The van der Waals surface area contributed by atoms with E-state index in [4.69, 9.17) is 0 Å². The fraction of sp³-hybridized carbons (Fsp3) is 0.611. The van der Waals surface area contributed by atoms with Gasteiger partial charge in [-0.05, 0) is 58.4 Å². The number of nitrogens with one attached hydrogen (secondary N) is 2. The largest absolute Gasteiger partial charge is 0.350 e. The van der Waals surface area contributed by atoms with Crippen molar-refractivity contribution in [3.8, 4) is 0 Å². The number of nitrogens with zero attached hydrogens (tertiary/aromatic N) is 1. The van der Waals surface area contributed by atoms with Crippen molar-refractivity contribution in [3.63, 3.8) is 0 Å². The lowest BCUT2D eigenvalue weighted by molar-refractivity contribution is -0.132. The molecule has 7 heteroatoms. The predicted octanol–water partition coefficient (Wildman–Crippen LogP) is 2.16. The summed E-state index contributed by atoms with van der Waals surface area (Å²) >= 11 is 1.38. The number of hydrogen-bond acceptors (Lipinski definition) is 4. The normalized spacial score (nSPS) is 19.2. The minimum atomic E-state index is -0.646. The van der Waals surface area contributed by atoms with Crippen LogP contribution in [0.25, 0.3) is 0 Å². The first kappa shape index (κ1) is 19.4. The monoisotopic (exact) mass is 365 g/mol. The molecule has 6 nitrogen and oxygen atoms in total. The van der Waals surface area contributed by atoms with E-state index in [2.05, 4.69) is 10.6 Å². The lowest BCUT2D eigenvalue weighted by Crippen LogP contribution is -2.56. The number of amides is 3. The Balaban J connectivity index is 2.03. The van der Waals surface area contributed by atoms with Crippen LogP contribution in [0, 0.1) is 0 Å². The molecule has 3 amide bonds. The molecule has 0 bridgehead atoms. The Morgan fingerprint density at radius 2 is 2.00 bits per heavy atom. The molecule has 2 rings (SSSR count). The van der Waals surface area contributed by atoms with Gasteiger partial charge in [-0.1, -0.05) is 6.07 Å². The average Bonchev–Trinajstić information content (AvgIpc) is 3.06. The van der Waals surface area contributed by atoms with Crippen LogP contribution < -0.4 is 10.6 Å². The van der Waals surface area contributed by atoms with Crippen LogP contribution in [0.2, 0.25) is 0 Å². The maximum absolute atomic E-state index is 12.7. The number of rotatable bonds is 4. The first-order valence-electron chi connectivity index (χ1n) is 8.66. The quantitative estimate of drug-likeness (QED) is 0.858. The molecule has 0 spiro atoms. The van der Waals surface area contributed by atoms with E-state index >= 15 is 0 Å². The summed E-state index contributed by atoms with van der Waals surface area (Å²) < 4.78 is 0. The zero-order chi connectivity index (χ0) is 18.6. The van der Waals surface area contributed by atoms with Crippen LogP contribution in [0.4, 0.5) is 0 Å². The Labute approximate surface area is 153 Å². The molecule has 1 aromatic rings. The van der Waals surface area contributed by atoms with Crippen molar-refractivity contribution in [2.24, 2.45) is 0 Å². The van der Waals surface area contributed by atoms with E-state index in [0.29, 0.717) is 17.8 Å². The summed E-state index contributed by atoms with van der Waals surface area (Å²) in [5, 5.41) is 7.46. The summed E-state index contributed by atoms with van der Waals surface area (Å²) in [5.41, 5.74) is -0.359. The Kier molecular flexibility index (Phi) is 6.21. The highest BCUT2D eigenvalue weighted by Gasteiger charge is 2.34. The molecule has 0 saturated carbocycles. The van der Waals surface area contributed by atoms with E-state index in [1.807, 2.05) is 32.2 Å². The second-order valence-corrected chi connectivity index (χ2v) is 8.40. The van der Waals surface area contributed by atoms with E-state index < -0.39 is 12.1 Å². The minimum Gasteiger partial charge on any atom is -0.350 e. The summed E-state index contributed by atoms with van der Waals surface area (Å²) in [6, 6.07) is 2.44. The van der Waals surface area contributed by atoms with Crippen molar-refractivity contribution in [1.29, 1.82) is 0 Å². The second-order valence-electron chi connectivity index (χ2n) is 7.46. The highest BCUT2D eigenvalue weighted by Crippen LogP contribution is 2.22. The zero-order valence-corrected chi connectivity index (χ0v) is 16.1. The predicted molar refractivity (Wildman–Crippen MR) is 98.5 cm³/mol. The van der Waals surface area contributed by atoms with Gasteiger partial charge in [-0.25, -0.2) is 0 Å². The Hall–Kier alpha value is -1.89. The number of carbonyl (C=O) groups is 3. The third-order valence-corrected chi connectivity index (χ3v) is 4.91. The highest BCUT2D eigenvalue weighted by molar-refractivity contribution is 7.12. The number of thiophene rings is 1. The lowest BCUT2D eigenvalue weighted by Gasteiger charge is -2.35. The highest BCUT2D eigenvalue weighted by atomic mass is 32.1. The van der Waals surface area contributed by atoms with Crippen LogP contribution in [0.3, 0.4) is 0 Å². The smallest absolute Gasteiger partial charge is 0.264 e. The van der Waals surface area contributed by atoms with E-state index in [0.717, 1.165) is 12.8 Å². The van der Waals surface area contributed by atoms with E-state index in [9.17, 15) is 14.4 Å². The number of piperidine rings is 1. The van der Waals surface area contributed by atoms with Gasteiger partial charge in [0.2, 0.25) is 11.8 Å². The van der Waals surface area contributed by atoms with Crippen molar-refractivity contribution in [3.05, 3.63) is 22.4 Å². The van der Waals surface area contributed by atoms with E-state index in [-0.39, 0.29) is 23.3 Å². The van der Waals surface area contributed by atoms with Crippen LogP contribution in [-0.2, 0) is 9.59 Å². The van der Waals surface area contributed by atoms with Gasteiger partial charge in [-0.15, -0.1) is 11.3 Å². The van der Waals surface area contributed by atoms with Gasteiger partial charge in [0.25, 0.3) is 5.91 Å². The molecular formula is C18H27N3O3S. The average molecular weight is 365 g/mol. The van der Waals surface area contributed by atoms with Gasteiger partial charge in [0.05, 0.1) is 4.88 Å². The van der Waals surface area contributed by atoms with Gasteiger partial charge in [-0.2, -0.15) is 0 Å². The SMILES string of the molecule is CC(NC(=O)C1CCCCN1C(=O)c1cccs1)C(=O)NC(C)(C)C. The van der Waals surface area contributed by atoms with E-state index in [1.54, 1.807) is 17.9 Å². The van der Waals surface area contributed by atoms with E-state index in [1.165, 1.54) is 11.3 Å². The van der Waals surface area contributed by atoms with Crippen molar-refractivity contribution in [2.75, 3.05) is 6.54 Å². The fourth-order valence-electron chi connectivity index (χ4n) is 2.84. The summed E-state index contributed by atoms with van der Waals surface area (Å²) in [6.07, 6.45) is 2.41. The fourth-order valence-corrected chi connectivity index (χ4v) is 3.52. The van der Waals surface area contributed by atoms with Crippen molar-refractivity contribution in [1.82, 2.24) is 15.5 Å². The molecule has 0 aromatic carbocycles. The molecule has 1 aromatic heterocycles. The summed E-state index contributed by atoms with van der Waals surface area (Å²) in [7, 11) is 0. The van der Waals surface area contributed by atoms with Gasteiger partial charge in [-0.3, -0.25) is 14.4 Å². The van der Waals surface area contributed by atoms with Gasteiger partial charge in [0.15, 0.2) is 0 Å². The molecule has 138 valence electrons. The Morgan fingerprint density at radius 1 is 1.28 bits per heavy atom. The van der Waals surface area contributed by atoms with Crippen LogP contribution in [-0.4, -0.2) is 46.8 Å². The van der Waals surface area contributed by atoms with Crippen molar-refractivity contribution < 1.29 is 14.4 Å². The molecule has 2 unspecified atom stereocenters. The third-order valence-electron chi connectivity index (χ3n) is 4.05. The van der Waals surface area contributed by atoms with Gasteiger partial charge in [0.1, 0.15) is 12.1 Å². The Bertz CT molecular complexity index is 622. The first-order valence-corrected chi connectivity index (χ1v) is 9.54. The Morgan fingerprint density at radius 3 is 2.60 bits per heavy atom. The second kappa shape index (κ2) is 7.99. The molecule has 1 saturated heterocycles. The van der Waals surface area contributed by atoms with Gasteiger partial charge < -0.3 is 15.5 Å². The number of hydrogen-bond donors (Lipinski definition) is 2. The molecule has 1 fully saturated rings. The van der Waals surface area contributed by atoms with Gasteiger partial charge >= 0.3 is 0 Å². The maximum atomic E-state index is 12.7. The van der Waals surface area contributed by atoms with Crippen LogP contribution in [0.5, 0.6) is 0 Å². The molecular weight excluding hydrogens is 338 g/mol. The van der Waals surface area contributed by atoms with Crippen molar-refractivity contribution in [2.45, 2.75) is 64.6 Å². The number of likely N-dealkylation sites (tertiary alicyclic amines) is 1. The molecule has 2 heterocycles. The van der Waals surface area contributed by atoms with Crippen LogP contribution >= 0.6 is 11.3 Å². The summed E-state index contributed by atoms with van der Waals surface area (Å²) in [6.45, 7) is 7.90. The molecule has 1 aliphatic heterocycles.